The molecule has 2 nitrogen and oxygen atoms in total. The highest BCUT2D eigenvalue weighted by atomic mass is 79.9. The van der Waals surface area contributed by atoms with E-state index in [1.807, 2.05) is 30.5 Å². The largest absolute Gasteiger partial charge is 0.373 e. The summed E-state index contributed by atoms with van der Waals surface area (Å²) in [5.41, 5.74) is 4.38. The Balaban J connectivity index is 1.98. The Hall–Kier alpha value is -1.55. The third kappa shape index (κ3) is 5.00. The molecule has 26 heavy (non-hydrogen) atoms. The van der Waals surface area contributed by atoms with Crippen LogP contribution in [0, 0.1) is 0 Å². The first-order valence-corrected chi connectivity index (χ1v) is 9.95. The molecule has 134 valence electrons. The molecule has 5 heteroatoms. The number of allylic oxidation sites excluding steroid dienone is 5. The first-order chi connectivity index (χ1) is 12.5. The Labute approximate surface area is 172 Å². The van der Waals surface area contributed by atoms with Gasteiger partial charge in [-0.25, -0.2) is 0 Å². The predicted octanol–water partition coefficient (Wildman–Crippen LogP) is 7.53. The van der Waals surface area contributed by atoms with E-state index in [1.165, 1.54) is 11.1 Å². The Morgan fingerprint density at radius 3 is 2.69 bits per heavy atom. The third-order valence-corrected chi connectivity index (χ3v) is 5.40. The van der Waals surface area contributed by atoms with Gasteiger partial charge in [-0.1, -0.05) is 53.1 Å². The van der Waals surface area contributed by atoms with E-state index in [1.54, 1.807) is 6.07 Å². The van der Waals surface area contributed by atoms with Gasteiger partial charge in [-0.05, 0) is 71.6 Å². The zero-order valence-electron chi connectivity index (χ0n) is 14.3. The molecule has 0 bridgehead atoms. The molecular formula is C21H19BrCl2N2. The van der Waals surface area contributed by atoms with Crippen molar-refractivity contribution in [2.24, 2.45) is 0 Å². The summed E-state index contributed by atoms with van der Waals surface area (Å²) in [6.07, 6.45) is 12.5. The molecule has 1 aliphatic carbocycles. The van der Waals surface area contributed by atoms with E-state index in [4.69, 9.17) is 23.2 Å². The van der Waals surface area contributed by atoms with Crippen molar-refractivity contribution in [3.63, 3.8) is 0 Å². The van der Waals surface area contributed by atoms with Gasteiger partial charge in [0.05, 0.1) is 21.8 Å². The van der Waals surface area contributed by atoms with E-state index < -0.39 is 0 Å². The van der Waals surface area contributed by atoms with Crippen LogP contribution in [0.25, 0.3) is 0 Å². The molecule has 1 heterocycles. The van der Waals surface area contributed by atoms with Gasteiger partial charge in [0.25, 0.3) is 0 Å². The average Bonchev–Trinajstić information content (AvgIpc) is 2.61. The number of benzene rings is 1. The molecule has 3 rings (SSSR count). The summed E-state index contributed by atoms with van der Waals surface area (Å²) in [5, 5.41) is 4.65. The van der Waals surface area contributed by atoms with Crippen LogP contribution in [0.2, 0.25) is 10.0 Å². The van der Waals surface area contributed by atoms with Gasteiger partial charge in [-0.15, -0.1) is 0 Å². The standard InChI is InChI=1S/C21H19BrCl2N2/c1-14-4-2-3-5-15(7-6-14)21(20-11-8-16(22)13-25-20)26-17-9-10-18(23)19(24)12-17/h2,4,6-13,21,26H,3,5H2,1H3/b4-2-,14-6-,15-7+. The van der Waals surface area contributed by atoms with Gasteiger partial charge in [0.2, 0.25) is 0 Å². The van der Waals surface area contributed by atoms with Crippen LogP contribution in [-0.2, 0) is 0 Å². The molecule has 0 saturated carbocycles. The summed E-state index contributed by atoms with van der Waals surface area (Å²) in [4.78, 5) is 4.62. The van der Waals surface area contributed by atoms with Crippen LogP contribution in [-0.4, -0.2) is 4.98 Å². The number of hydrogen-bond acceptors (Lipinski definition) is 2. The molecule has 0 saturated heterocycles. The second-order valence-corrected chi connectivity index (χ2v) is 7.93. The maximum atomic E-state index is 6.19. The van der Waals surface area contributed by atoms with Crippen LogP contribution in [0.1, 0.15) is 31.5 Å². The molecule has 1 aromatic heterocycles. The Kier molecular flexibility index (Phi) is 6.58. The maximum absolute atomic E-state index is 6.19. The molecule has 1 atom stereocenters. The lowest BCUT2D eigenvalue weighted by molar-refractivity contribution is 0.792. The molecule has 1 aromatic carbocycles. The summed E-state index contributed by atoms with van der Waals surface area (Å²) in [6, 6.07) is 9.58. The topological polar surface area (TPSA) is 24.9 Å². The van der Waals surface area contributed by atoms with Crippen molar-refractivity contribution in [3.8, 4) is 0 Å². The minimum atomic E-state index is -0.0455. The number of rotatable bonds is 4. The van der Waals surface area contributed by atoms with Gasteiger partial charge in [-0.2, -0.15) is 0 Å². The van der Waals surface area contributed by atoms with Crippen LogP contribution in [0.5, 0.6) is 0 Å². The first kappa shape index (κ1) is 19.2. The monoisotopic (exact) mass is 448 g/mol. The molecule has 2 aromatic rings. The molecule has 1 N–H and O–H groups in total. The Morgan fingerprint density at radius 2 is 1.96 bits per heavy atom. The fourth-order valence-corrected chi connectivity index (χ4v) is 3.34. The van der Waals surface area contributed by atoms with Crippen molar-refractivity contribution in [2.45, 2.75) is 25.8 Å². The molecule has 0 spiro atoms. The van der Waals surface area contributed by atoms with Gasteiger partial charge in [0, 0.05) is 16.4 Å². The second kappa shape index (κ2) is 8.90. The molecule has 0 radical (unpaired) electrons. The Morgan fingerprint density at radius 1 is 1.12 bits per heavy atom. The number of aromatic nitrogens is 1. The zero-order valence-corrected chi connectivity index (χ0v) is 17.4. The summed E-state index contributed by atoms with van der Waals surface area (Å²) >= 11 is 15.7. The lowest BCUT2D eigenvalue weighted by atomic mass is 9.95. The molecule has 0 fully saturated rings. The van der Waals surface area contributed by atoms with Crippen molar-refractivity contribution in [3.05, 3.63) is 92.2 Å². The van der Waals surface area contributed by atoms with E-state index >= 15 is 0 Å². The summed E-state index contributed by atoms with van der Waals surface area (Å²) in [7, 11) is 0. The fraction of sp³-hybridized carbons (Fsp3) is 0.190. The van der Waals surface area contributed by atoms with Crippen molar-refractivity contribution in [1.82, 2.24) is 4.98 Å². The molecular weight excluding hydrogens is 431 g/mol. The second-order valence-electron chi connectivity index (χ2n) is 6.20. The number of halogens is 3. The zero-order chi connectivity index (χ0) is 18.5. The van der Waals surface area contributed by atoms with Crippen LogP contribution >= 0.6 is 39.1 Å². The van der Waals surface area contributed by atoms with E-state index in [0.29, 0.717) is 10.0 Å². The first-order valence-electron chi connectivity index (χ1n) is 8.40. The minimum Gasteiger partial charge on any atom is -0.373 e. The lowest BCUT2D eigenvalue weighted by Crippen LogP contribution is -2.15. The van der Waals surface area contributed by atoms with Crippen LogP contribution < -0.4 is 5.32 Å². The molecule has 0 aliphatic heterocycles. The van der Waals surface area contributed by atoms with Gasteiger partial charge in [0.1, 0.15) is 0 Å². The van der Waals surface area contributed by atoms with Gasteiger partial charge >= 0.3 is 0 Å². The highest BCUT2D eigenvalue weighted by Gasteiger charge is 2.18. The highest BCUT2D eigenvalue weighted by Crippen LogP contribution is 2.32. The summed E-state index contributed by atoms with van der Waals surface area (Å²) in [5.74, 6) is 0. The maximum Gasteiger partial charge on any atom is 0.0902 e. The SMILES string of the molecule is CC1=C/C=C(/C(Nc2ccc(Cl)c(Cl)c2)c2ccc(Br)cn2)CC/C=C\1. The highest BCUT2D eigenvalue weighted by molar-refractivity contribution is 9.10. The quantitative estimate of drug-likeness (QED) is 0.521. The van der Waals surface area contributed by atoms with Crippen molar-refractivity contribution >= 4 is 44.8 Å². The summed E-state index contributed by atoms with van der Waals surface area (Å²) in [6.45, 7) is 2.11. The van der Waals surface area contributed by atoms with E-state index in [-0.39, 0.29) is 6.04 Å². The van der Waals surface area contributed by atoms with E-state index in [0.717, 1.165) is 28.7 Å². The normalized spacial score (nSPS) is 20.8. The fourth-order valence-electron chi connectivity index (χ4n) is 2.80. The number of hydrogen-bond donors (Lipinski definition) is 1. The van der Waals surface area contributed by atoms with Gasteiger partial charge in [0.15, 0.2) is 0 Å². The van der Waals surface area contributed by atoms with E-state index in [2.05, 4.69) is 57.5 Å². The average molecular weight is 450 g/mol. The van der Waals surface area contributed by atoms with Crippen molar-refractivity contribution < 1.29 is 0 Å². The van der Waals surface area contributed by atoms with Crippen LogP contribution in [0.3, 0.4) is 0 Å². The number of nitrogens with one attached hydrogen (secondary N) is 1. The van der Waals surface area contributed by atoms with E-state index in [9.17, 15) is 0 Å². The number of nitrogens with zero attached hydrogens (tertiary/aromatic N) is 1. The van der Waals surface area contributed by atoms with Crippen LogP contribution in [0.15, 0.2) is 76.5 Å². The van der Waals surface area contributed by atoms with Gasteiger partial charge in [-0.3, -0.25) is 4.98 Å². The van der Waals surface area contributed by atoms with Crippen molar-refractivity contribution in [1.29, 1.82) is 0 Å². The van der Waals surface area contributed by atoms with Crippen molar-refractivity contribution in [2.75, 3.05) is 5.32 Å². The number of pyridine rings is 1. The molecule has 0 amide bonds. The van der Waals surface area contributed by atoms with Gasteiger partial charge < -0.3 is 5.32 Å². The predicted molar refractivity (Wildman–Crippen MR) is 115 cm³/mol. The van der Waals surface area contributed by atoms with Crippen LogP contribution in [0.4, 0.5) is 5.69 Å². The minimum absolute atomic E-state index is 0.0455. The molecule has 1 aliphatic rings. The number of anilines is 1. The smallest absolute Gasteiger partial charge is 0.0902 e. The Bertz CT molecular complexity index is 870. The lowest BCUT2D eigenvalue weighted by Gasteiger charge is -2.23. The third-order valence-electron chi connectivity index (χ3n) is 4.19. The molecule has 1 unspecified atom stereocenters. The summed E-state index contributed by atoms with van der Waals surface area (Å²) < 4.78 is 0.958.